The molecule has 1 heterocycles. The highest BCUT2D eigenvalue weighted by Crippen LogP contribution is 2.41. The van der Waals surface area contributed by atoms with Crippen LogP contribution in [0.15, 0.2) is 29.6 Å². The Kier molecular flexibility index (Phi) is 3.46. The van der Waals surface area contributed by atoms with Gasteiger partial charge in [0.15, 0.2) is 0 Å². The third-order valence-electron chi connectivity index (χ3n) is 4.16. The number of thiophene rings is 1. The Morgan fingerprint density at radius 2 is 1.95 bits per heavy atom. The molecule has 0 saturated carbocycles. The maximum absolute atomic E-state index is 6.59. The van der Waals surface area contributed by atoms with Crippen LogP contribution in [0.1, 0.15) is 51.9 Å². The van der Waals surface area contributed by atoms with Gasteiger partial charge in [0, 0.05) is 16.8 Å². The molecule has 2 atom stereocenters. The predicted molar refractivity (Wildman–Crippen MR) is 82.8 cm³/mol. The maximum Gasteiger partial charge on any atom is 0.0365 e. The monoisotopic (exact) mass is 271 g/mol. The number of hydrogen-bond acceptors (Lipinski definition) is 2. The highest BCUT2D eigenvalue weighted by Gasteiger charge is 2.27. The van der Waals surface area contributed by atoms with Crippen molar-refractivity contribution in [2.24, 2.45) is 5.73 Å². The molecule has 2 heteroatoms. The van der Waals surface area contributed by atoms with Gasteiger partial charge >= 0.3 is 0 Å². The number of rotatable bonds is 2. The summed E-state index contributed by atoms with van der Waals surface area (Å²) in [5.41, 5.74) is 12.0. The molecule has 1 nitrogen and oxygen atoms in total. The zero-order chi connectivity index (χ0) is 13.4. The van der Waals surface area contributed by atoms with Crippen molar-refractivity contribution < 1.29 is 0 Å². The van der Waals surface area contributed by atoms with Gasteiger partial charge in [-0.2, -0.15) is 0 Å². The number of fused-ring (bicyclic) bond motifs is 1. The Morgan fingerprint density at radius 1 is 1.21 bits per heavy atom. The summed E-state index contributed by atoms with van der Waals surface area (Å²) in [6.07, 6.45) is 3.73. The van der Waals surface area contributed by atoms with E-state index in [9.17, 15) is 0 Å². The largest absolute Gasteiger partial charge is 0.323 e. The molecule has 1 aromatic heterocycles. The lowest BCUT2D eigenvalue weighted by Crippen LogP contribution is -2.22. The normalized spacial score (nSPS) is 20.1. The van der Waals surface area contributed by atoms with Gasteiger partial charge in [-0.25, -0.2) is 0 Å². The van der Waals surface area contributed by atoms with E-state index in [0.717, 1.165) is 0 Å². The summed E-state index contributed by atoms with van der Waals surface area (Å²) in [5.74, 6) is 0.496. The van der Waals surface area contributed by atoms with Crippen LogP contribution in [0, 0.1) is 13.8 Å². The van der Waals surface area contributed by atoms with Gasteiger partial charge in [-0.1, -0.05) is 29.3 Å². The fraction of sp³-hybridized carbons (Fsp3) is 0.412. The second-order valence-electron chi connectivity index (χ2n) is 5.74. The average Bonchev–Trinajstić information content (AvgIpc) is 2.84. The van der Waals surface area contributed by atoms with Crippen molar-refractivity contribution >= 4 is 11.3 Å². The molecule has 1 aliphatic rings. The quantitative estimate of drug-likeness (QED) is 0.856. The fourth-order valence-electron chi connectivity index (χ4n) is 3.33. The minimum absolute atomic E-state index is 0.132. The molecule has 0 bridgehead atoms. The topological polar surface area (TPSA) is 26.0 Å². The van der Waals surface area contributed by atoms with Gasteiger partial charge in [0.05, 0.1) is 0 Å². The summed E-state index contributed by atoms with van der Waals surface area (Å²) in [5, 5.41) is 2.22. The van der Waals surface area contributed by atoms with Crippen molar-refractivity contribution in [3.05, 3.63) is 56.8 Å². The summed E-state index contributed by atoms with van der Waals surface area (Å²) >= 11 is 1.89. The summed E-state index contributed by atoms with van der Waals surface area (Å²) in [4.78, 5) is 1.55. The zero-order valence-electron chi connectivity index (χ0n) is 11.6. The number of benzene rings is 1. The molecule has 1 aliphatic carbocycles. The summed E-state index contributed by atoms with van der Waals surface area (Å²) < 4.78 is 0. The van der Waals surface area contributed by atoms with Crippen LogP contribution in [0.5, 0.6) is 0 Å². The third kappa shape index (κ3) is 2.47. The van der Waals surface area contributed by atoms with Gasteiger partial charge < -0.3 is 5.73 Å². The molecular weight excluding hydrogens is 250 g/mol. The van der Waals surface area contributed by atoms with E-state index >= 15 is 0 Å². The zero-order valence-corrected chi connectivity index (χ0v) is 12.5. The van der Waals surface area contributed by atoms with E-state index in [0.29, 0.717) is 5.92 Å². The first kappa shape index (κ1) is 12.9. The van der Waals surface area contributed by atoms with Crippen molar-refractivity contribution in [1.29, 1.82) is 0 Å². The van der Waals surface area contributed by atoms with Crippen LogP contribution in [0.25, 0.3) is 0 Å². The smallest absolute Gasteiger partial charge is 0.0365 e. The first-order chi connectivity index (χ1) is 9.15. The van der Waals surface area contributed by atoms with Gasteiger partial charge in [0.1, 0.15) is 0 Å². The SMILES string of the molecule is Cc1cc(C)cc(C(N)C2CCCc3sccc32)c1. The fourth-order valence-corrected chi connectivity index (χ4v) is 4.33. The molecule has 2 N–H and O–H groups in total. The van der Waals surface area contributed by atoms with Crippen LogP contribution in [-0.2, 0) is 6.42 Å². The molecular formula is C17H21NS. The first-order valence-electron chi connectivity index (χ1n) is 7.05. The van der Waals surface area contributed by atoms with Gasteiger partial charge in [0.25, 0.3) is 0 Å². The standard InChI is InChI=1S/C17H21NS/c1-11-8-12(2)10-13(9-11)17(18)15-4-3-5-16-14(15)6-7-19-16/h6-10,15,17H,3-5,18H2,1-2H3. The van der Waals surface area contributed by atoms with Crippen molar-refractivity contribution in [2.45, 2.75) is 45.1 Å². The molecule has 0 saturated heterocycles. The number of nitrogens with two attached hydrogens (primary N) is 1. The van der Waals surface area contributed by atoms with Crippen LogP contribution < -0.4 is 5.73 Å². The van der Waals surface area contributed by atoms with E-state index in [1.54, 1.807) is 4.88 Å². The lowest BCUT2D eigenvalue weighted by Gasteiger charge is -2.28. The minimum Gasteiger partial charge on any atom is -0.323 e. The lowest BCUT2D eigenvalue weighted by atomic mass is 9.80. The Morgan fingerprint density at radius 3 is 2.68 bits per heavy atom. The van der Waals surface area contributed by atoms with Gasteiger partial charge in [-0.15, -0.1) is 11.3 Å². The summed E-state index contributed by atoms with van der Waals surface area (Å²) in [6.45, 7) is 4.31. The second-order valence-corrected chi connectivity index (χ2v) is 6.75. The Bertz CT molecular complexity index is 564. The van der Waals surface area contributed by atoms with Crippen molar-refractivity contribution in [3.63, 3.8) is 0 Å². The molecule has 2 aromatic rings. The van der Waals surface area contributed by atoms with Crippen molar-refractivity contribution in [1.82, 2.24) is 0 Å². The van der Waals surface area contributed by atoms with E-state index in [1.807, 2.05) is 11.3 Å². The molecule has 0 fully saturated rings. The first-order valence-corrected chi connectivity index (χ1v) is 7.93. The number of hydrogen-bond donors (Lipinski definition) is 1. The minimum atomic E-state index is 0.132. The van der Waals surface area contributed by atoms with Crippen molar-refractivity contribution in [3.8, 4) is 0 Å². The average molecular weight is 271 g/mol. The van der Waals surface area contributed by atoms with Gasteiger partial charge in [-0.3, -0.25) is 0 Å². The number of aryl methyl sites for hydroxylation is 3. The molecule has 0 amide bonds. The third-order valence-corrected chi connectivity index (χ3v) is 5.16. The van der Waals surface area contributed by atoms with Gasteiger partial charge in [0.2, 0.25) is 0 Å². The molecule has 2 unspecified atom stereocenters. The molecule has 0 spiro atoms. The van der Waals surface area contributed by atoms with E-state index in [4.69, 9.17) is 5.73 Å². The Balaban J connectivity index is 1.95. The molecule has 19 heavy (non-hydrogen) atoms. The molecule has 100 valence electrons. The van der Waals surface area contributed by atoms with Crippen LogP contribution in [0.3, 0.4) is 0 Å². The molecule has 3 rings (SSSR count). The summed E-state index contributed by atoms with van der Waals surface area (Å²) in [6, 6.07) is 9.13. The highest BCUT2D eigenvalue weighted by molar-refractivity contribution is 7.10. The highest BCUT2D eigenvalue weighted by atomic mass is 32.1. The Labute approximate surface area is 119 Å². The van der Waals surface area contributed by atoms with Crippen molar-refractivity contribution in [2.75, 3.05) is 0 Å². The molecule has 0 radical (unpaired) electrons. The van der Waals surface area contributed by atoms with Crippen LogP contribution in [0.4, 0.5) is 0 Å². The van der Waals surface area contributed by atoms with E-state index < -0.39 is 0 Å². The lowest BCUT2D eigenvalue weighted by molar-refractivity contribution is 0.479. The Hall–Kier alpha value is -1.12. The van der Waals surface area contributed by atoms with E-state index in [1.165, 1.54) is 41.5 Å². The van der Waals surface area contributed by atoms with E-state index in [2.05, 4.69) is 43.5 Å². The second kappa shape index (κ2) is 5.10. The predicted octanol–water partition coefficient (Wildman–Crippen LogP) is 4.48. The van der Waals surface area contributed by atoms with E-state index in [-0.39, 0.29) is 6.04 Å². The molecule has 1 aromatic carbocycles. The molecule has 0 aliphatic heterocycles. The van der Waals surface area contributed by atoms with Crippen LogP contribution in [-0.4, -0.2) is 0 Å². The summed E-state index contributed by atoms with van der Waals surface area (Å²) in [7, 11) is 0. The van der Waals surface area contributed by atoms with Gasteiger partial charge in [-0.05, 0) is 55.7 Å². The van der Waals surface area contributed by atoms with Crippen LogP contribution in [0.2, 0.25) is 0 Å². The maximum atomic E-state index is 6.59. The van der Waals surface area contributed by atoms with Crippen LogP contribution >= 0.6 is 11.3 Å².